The third-order valence-corrected chi connectivity index (χ3v) is 2.68. The topological polar surface area (TPSA) is 12.0 Å². The molecule has 0 amide bonds. The Bertz CT molecular complexity index is 53.0. The summed E-state index contributed by atoms with van der Waals surface area (Å²) in [6.45, 7) is 2.11. The van der Waals surface area contributed by atoms with Gasteiger partial charge >= 0.3 is 0 Å². The van der Waals surface area contributed by atoms with E-state index in [2.05, 4.69) is 30.6 Å². The van der Waals surface area contributed by atoms with E-state index in [1.807, 2.05) is 11.8 Å². The Morgan fingerprint density at radius 1 is 1.00 bits per heavy atom. The summed E-state index contributed by atoms with van der Waals surface area (Å²) in [6.07, 6.45) is 0. The predicted octanol–water partition coefficient (Wildman–Crippen LogP) is 1.17. The molecule has 0 aromatic rings. The second-order valence-electron chi connectivity index (χ2n) is 1.81. The summed E-state index contributed by atoms with van der Waals surface area (Å²) in [7, 11) is 0. The lowest BCUT2D eigenvalue weighted by Crippen LogP contribution is -2.19. The third kappa shape index (κ3) is 9.01. The van der Waals surface area contributed by atoms with E-state index in [0.717, 1.165) is 30.3 Å². The van der Waals surface area contributed by atoms with Crippen LogP contribution in [0.5, 0.6) is 0 Å². The molecule has 0 bridgehead atoms. The lowest BCUT2D eigenvalue weighted by molar-refractivity contribution is 0.775. The molecule has 10 heavy (non-hydrogen) atoms. The van der Waals surface area contributed by atoms with Crippen molar-refractivity contribution >= 4 is 37.0 Å². The number of thiol groups is 2. The van der Waals surface area contributed by atoms with Gasteiger partial charge in [-0.1, -0.05) is 0 Å². The van der Waals surface area contributed by atoms with Gasteiger partial charge in [-0.25, -0.2) is 0 Å². The van der Waals surface area contributed by atoms with E-state index in [-0.39, 0.29) is 0 Å². The van der Waals surface area contributed by atoms with Gasteiger partial charge in [0, 0.05) is 30.3 Å². The minimum absolute atomic E-state index is 0.928. The van der Waals surface area contributed by atoms with Gasteiger partial charge in [0.2, 0.25) is 0 Å². The van der Waals surface area contributed by atoms with E-state index in [1.54, 1.807) is 0 Å². The van der Waals surface area contributed by atoms with Crippen LogP contribution in [0.1, 0.15) is 0 Å². The van der Waals surface area contributed by atoms with Crippen LogP contribution in [0.15, 0.2) is 0 Å². The molecule has 4 heteroatoms. The van der Waals surface area contributed by atoms with Crippen molar-refractivity contribution in [2.75, 3.05) is 36.1 Å². The molecule has 1 nitrogen and oxygen atoms in total. The fraction of sp³-hybridized carbons (Fsp3) is 1.00. The van der Waals surface area contributed by atoms with Crippen molar-refractivity contribution in [2.45, 2.75) is 0 Å². The number of thioether (sulfide) groups is 1. The van der Waals surface area contributed by atoms with Crippen LogP contribution in [-0.2, 0) is 0 Å². The zero-order valence-electron chi connectivity index (χ0n) is 6.05. The van der Waals surface area contributed by atoms with Gasteiger partial charge in [0.25, 0.3) is 0 Å². The molecule has 0 radical (unpaired) electrons. The molecule has 0 spiro atoms. The smallest absolute Gasteiger partial charge is 0.00584 e. The van der Waals surface area contributed by atoms with Crippen LogP contribution in [0, 0.1) is 0 Å². The Labute approximate surface area is 78.5 Å². The fourth-order valence-electron chi connectivity index (χ4n) is 0.515. The molecule has 62 valence electrons. The summed E-state index contributed by atoms with van der Waals surface area (Å²) < 4.78 is 0. The normalized spacial score (nSPS) is 10.2. The number of rotatable bonds is 7. The first-order chi connectivity index (χ1) is 4.91. The van der Waals surface area contributed by atoms with Crippen molar-refractivity contribution in [2.24, 2.45) is 0 Å². The highest BCUT2D eigenvalue weighted by molar-refractivity contribution is 8.00. The maximum atomic E-state index is 4.11. The van der Waals surface area contributed by atoms with E-state index in [1.165, 1.54) is 5.75 Å². The summed E-state index contributed by atoms with van der Waals surface area (Å²) in [5.74, 6) is 4.26. The van der Waals surface area contributed by atoms with Gasteiger partial charge in [-0.3, -0.25) is 0 Å². The fourth-order valence-corrected chi connectivity index (χ4v) is 1.68. The highest BCUT2D eigenvalue weighted by Crippen LogP contribution is 1.97. The molecule has 0 fully saturated rings. The van der Waals surface area contributed by atoms with Crippen LogP contribution in [0.3, 0.4) is 0 Å². The molecule has 0 aliphatic heterocycles. The molecule has 0 aromatic heterocycles. The molecule has 0 heterocycles. The summed E-state index contributed by atoms with van der Waals surface area (Å²) in [5.41, 5.74) is 0. The van der Waals surface area contributed by atoms with E-state index in [9.17, 15) is 0 Å². The van der Waals surface area contributed by atoms with Crippen LogP contribution in [0.25, 0.3) is 0 Å². The average molecular weight is 197 g/mol. The van der Waals surface area contributed by atoms with Crippen molar-refractivity contribution in [3.63, 3.8) is 0 Å². The molecule has 0 aromatic carbocycles. The van der Waals surface area contributed by atoms with Gasteiger partial charge in [0.05, 0.1) is 0 Å². The third-order valence-electron chi connectivity index (χ3n) is 0.947. The summed E-state index contributed by atoms with van der Waals surface area (Å²) >= 11 is 10.1. The highest BCUT2D eigenvalue weighted by atomic mass is 32.2. The maximum Gasteiger partial charge on any atom is 0.00584 e. The van der Waals surface area contributed by atoms with Crippen molar-refractivity contribution in [1.82, 2.24) is 5.32 Å². The maximum absolute atomic E-state index is 4.11. The van der Waals surface area contributed by atoms with Crippen molar-refractivity contribution in [3.05, 3.63) is 0 Å². The molecule has 0 atom stereocenters. The van der Waals surface area contributed by atoms with Gasteiger partial charge in [-0.15, -0.1) is 0 Å². The number of nitrogens with one attached hydrogen (secondary N) is 1. The second-order valence-corrected chi connectivity index (χ2v) is 3.93. The monoisotopic (exact) mass is 197 g/mol. The molecular formula is C6H15NS3. The van der Waals surface area contributed by atoms with Crippen LogP contribution in [-0.4, -0.2) is 36.1 Å². The summed E-state index contributed by atoms with van der Waals surface area (Å²) in [5, 5.41) is 3.27. The van der Waals surface area contributed by atoms with Crippen molar-refractivity contribution < 1.29 is 0 Å². The van der Waals surface area contributed by atoms with Gasteiger partial charge < -0.3 is 5.32 Å². The Morgan fingerprint density at radius 3 is 2.40 bits per heavy atom. The molecule has 0 saturated heterocycles. The highest BCUT2D eigenvalue weighted by Gasteiger charge is 1.86. The number of hydrogen-bond donors (Lipinski definition) is 3. The molecule has 0 rings (SSSR count). The Kier molecular flexibility index (Phi) is 11.0. The molecular weight excluding hydrogens is 182 g/mol. The Balaban J connectivity index is 2.65. The predicted molar refractivity (Wildman–Crippen MR) is 57.9 cm³/mol. The first kappa shape index (κ1) is 11.0. The zero-order chi connectivity index (χ0) is 7.66. The van der Waals surface area contributed by atoms with E-state index < -0.39 is 0 Å². The first-order valence-corrected chi connectivity index (χ1v) is 5.84. The Morgan fingerprint density at radius 2 is 1.80 bits per heavy atom. The summed E-state index contributed by atoms with van der Waals surface area (Å²) in [4.78, 5) is 0. The molecule has 0 unspecified atom stereocenters. The minimum Gasteiger partial charge on any atom is -0.315 e. The minimum atomic E-state index is 0.928. The first-order valence-electron chi connectivity index (χ1n) is 3.42. The van der Waals surface area contributed by atoms with E-state index >= 15 is 0 Å². The summed E-state index contributed by atoms with van der Waals surface area (Å²) in [6, 6.07) is 0. The average Bonchev–Trinajstić information content (AvgIpc) is 1.97. The molecule has 0 aliphatic carbocycles. The second kappa shape index (κ2) is 10.0. The van der Waals surface area contributed by atoms with Gasteiger partial charge in [-0.05, 0) is 5.75 Å². The van der Waals surface area contributed by atoms with Crippen LogP contribution in [0.2, 0.25) is 0 Å². The van der Waals surface area contributed by atoms with E-state index in [0.29, 0.717) is 0 Å². The Hall–Kier alpha value is 1.01. The lowest BCUT2D eigenvalue weighted by Gasteiger charge is -2.00. The molecule has 0 aliphatic rings. The van der Waals surface area contributed by atoms with Gasteiger partial charge in [0.15, 0.2) is 0 Å². The van der Waals surface area contributed by atoms with Gasteiger partial charge in [0.1, 0.15) is 0 Å². The largest absolute Gasteiger partial charge is 0.315 e. The van der Waals surface area contributed by atoms with Crippen molar-refractivity contribution in [1.29, 1.82) is 0 Å². The SMILES string of the molecule is SCCNCCSCCS. The van der Waals surface area contributed by atoms with Crippen molar-refractivity contribution in [3.8, 4) is 0 Å². The molecule has 0 saturated carbocycles. The standard InChI is InChI=1S/C6H15NS3/c8-3-1-7-2-5-10-6-4-9/h7-9H,1-6H2. The number of hydrogen-bond acceptors (Lipinski definition) is 4. The molecule has 1 N–H and O–H groups in total. The van der Waals surface area contributed by atoms with E-state index in [4.69, 9.17) is 0 Å². The van der Waals surface area contributed by atoms with Gasteiger partial charge in [-0.2, -0.15) is 37.0 Å². The van der Waals surface area contributed by atoms with Crippen LogP contribution in [0.4, 0.5) is 0 Å². The lowest BCUT2D eigenvalue weighted by atomic mass is 10.7. The zero-order valence-corrected chi connectivity index (χ0v) is 8.65. The quantitative estimate of drug-likeness (QED) is 0.418. The van der Waals surface area contributed by atoms with Crippen LogP contribution < -0.4 is 5.32 Å². The van der Waals surface area contributed by atoms with Crippen LogP contribution >= 0.6 is 37.0 Å².